The van der Waals surface area contributed by atoms with Crippen LogP contribution >= 0.6 is 0 Å². The van der Waals surface area contributed by atoms with Gasteiger partial charge in [-0.1, -0.05) is 5.16 Å². The molecule has 22 heavy (non-hydrogen) atoms. The molecule has 1 atom stereocenters. The number of aromatic nitrogens is 3. The Morgan fingerprint density at radius 3 is 2.86 bits per heavy atom. The zero-order chi connectivity index (χ0) is 15.7. The van der Waals surface area contributed by atoms with Crippen LogP contribution in [0.25, 0.3) is 0 Å². The monoisotopic (exact) mass is 300 g/mol. The number of hydrogen-bond donors (Lipinski definition) is 0. The van der Waals surface area contributed by atoms with Gasteiger partial charge in [0.15, 0.2) is 0 Å². The molecule has 1 aliphatic rings. The Balaban J connectivity index is 1.80. The van der Waals surface area contributed by atoms with Gasteiger partial charge in [-0.15, -0.1) is 0 Å². The van der Waals surface area contributed by atoms with Crippen LogP contribution < -0.4 is 0 Å². The zero-order valence-electron chi connectivity index (χ0n) is 13.2. The molecule has 1 unspecified atom stereocenters. The van der Waals surface area contributed by atoms with Gasteiger partial charge >= 0.3 is 0 Å². The van der Waals surface area contributed by atoms with Crippen LogP contribution in [0, 0.1) is 20.8 Å². The van der Waals surface area contributed by atoms with Crippen LogP contribution in [0.3, 0.4) is 0 Å². The first-order chi connectivity index (χ1) is 10.6. The lowest BCUT2D eigenvalue weighted by Gasteiger charge is -2.32. The fraction of sp³-hybridized carbons (Fsp3) is 0.500. The van der Waals surface area contributed by atoms with Gasteiger partial charge < -0.3 is 9.42 Å². The minimum Gasteiger partial charge on any atom is -0.361 e. The minimum atomic E-state index is 0.00623. The summed E-state index contributed by atoms with van der Waals surface area (Å²) in [6.45, 7) is 6.92. The first-order valence-corrected chi connectivity index (χ1v) is 7.58. The van der Waals surface area contributed by atoms with Crippen molar-refractivity contribution in [3.8, 4) is 0 Å². The molecule has 116 valence electrons. The number of carbonyl (C=O) groups is 1. The van der Waals surface area contributed by atoms with Crippen LogP contribution in [0.1, 0.15) is 52.1 Å². The van der Waals surface area contributed by atoms with Crippen LogP contribution in [-0.2, 0) is 0 Å². The minimum absolute atomic E-state index is 0.00623. The number of amides is 1. The summed E-state index contributed by atoms with van der Waals surface area (Å²) < 4.78 is 5.12. The van der Waals surface area contributed by atoms with Crippen molar-refractivity contribution in [1.82, 2.24) is 20.0 Å². The average molecular weight is 300 g/mol. The van der Waals surface area contributed by atoms with Gasteiger partial charge in [0, 0.05) is 30.9 Å². The summed E-state index contributed by atoms with van der Waals surface area (Å²) in [6, 6.07) is 1.95. The first kappa shape index (κ1) is 14.7. The molecule has 0 aliphatic carbocycles. The van der Waals surface area contributed by atoms with Crippen molar-refractivity contribution < 1.29 is 9.32 Å². The first-order valence-electron chi connectivity index (χ1n) is 7.58. The van der Waals surface area contributed by atoms with E-state index in [-0.39, 0.29) is 11.8 Å². The highest BCUT2D eigenvalue weighted by molar-refractivity contribution is 5.96. The quantitative estimate of drug-likeness (QED) is 0.851. The standard InChI is InChI=1S/C16H20N4O2/c1-10-15(11(2)22-19-10)16(21)20-8-4-5-13(9-20)14-6-7-17-12(3)18-14/h6-7,13H,4-5,8-9H2,1-3H3. The zero-order valence-corrected chi connectivity index (χ0v) is 13.2. The van der Waals surface area contributed by atoms with E-state index in [0.29, 0.717) is 23.6 Å². The molecule has 3 rings (SSSR count). The highest BCUT2D eigenvalue weighted by atomic mass is 16.5. The Morgan fingerprint density at radius 2 is 2.18 bits per heavy atom. The van der Waals surface area contributed by atoms with E-state index in [9.17, 15) is 4.79 Å². The SMILES string of the molecule is Cc1nccc(C2CCCN(C(=O)c3c(C)noc3C)C2)n1. The lowest BCUT2D eigenvalue weighted by Crippen LogP contribution is -2.39. The average Bonchev–Trinajstić information content (AvgIpc) is 2.86. The van der Waals surface area contributed by atoms with E-state index in [4.69, 9.17) is 4.52 Å². The fourth-order valence-corrected chi connectivity index (χ4v) is 3.05. The molecule has 6 nitrogen and oxygen atoms in total. The summed E-state index contributed by atoms with van der Waals surface area (Å²) in [5.41, 5.74) is 2.27. The van der Waals surface area contributed by atoms with E-state index < -0.39 is 0 Å². The van der Waals surface area contributed by atoms with Crippen molar-refractivity contribution in [3.05, 3.63) is 40.8 Å². The van der Waals surface area contributed by atoms with Crippen LogP contribution in [0.2, 0.25) is 0 Å². The van der Waals surface area contributed by atoms with E-state index in [1.165, 1.54) is 0 Å². The number of aryl methyl sites for hydroxylation is 3. The molecule has 1 aliphatic heterocycles. The van der Waals surface area contributed by atoms with Crippen molar-refractivity contribution in [3.63, 3.8) is 0 Å². The number of carbonyl (C=O) groups excluding carboxylic acids is 1. The molecule has 0 radical (unpaired) electrons. The molecule has 1 saturated heterocycles. The van der Waals surface area contributed by atoms with E-state index in [1.807, 2.05) is 17.9 Å². The van der Waals surface area contributed by atoms with Crippen molar-refractivity contribution in [1.29, 1.82) is 0 Å². The van der Waals surface area contributed by atoms with Crippen LogP contribution in [0.15, 0.2) is 16.8 Å². The number of rotatable bonds is 2. The predicted octanol–water partition coefficient (Wildman–Crippen LogP) is 2.41. The second-order valence-corrected chi connectivity index (χ2v) is 5.82. The summed E-state index contributed by atoms with van der Waals surface area (Å²) in [6.07, 6.45) is 3.80. The summed E-state index contributed by atoms with van der Waals surface area (Å²) >= 11 is 0. The Bertz CT molecular complexity index is 676. The van der Waals surface area contributed by atoms with Crippen molar-refractivity contribution in [2.45, 2.75) is 39.5 Å². The molecular weight excluding hydrogens is 280 g/mol. The third kappa shape index (κ3) is 2.73. The molecule has 2 aromatic heterocycles. The van der Waals surface area contributed by atoms with Gasteiger partial charge in [-0.05, 0) is 39.7 Å². The second kappa shape index (κ2) is 5.87. The number of likely N-dealkylation sites (tertiary alicyclic amines) is 1. The summed E-state index contributed by atoms with van der Waals surface area (Å²) in [5, 5.41) is 3.88. The van der Waals surface area contributed by atoms with Gasteiger partial charge in [0.1, 0.15) is 17.1 Å². The molecule has 2 aromatic rings. The summed E-state index contributed by atoms with van der Waals surface area (Å²) in [4.78, 5) is 23.3. The van der Waals surface area contributed by atoms with Crippen molar-refractivity contribution >= 4 is 5.91 Å². The molecule has 6 heteroatoms. The van der Waals surface area contributed by atoms with Gasteiger partial charge in [-0.25, -0.2) is 9.97 Å². The molecule has 0 bridgehead atoms. The van der Waals surface area contributed by atoms with Gasteiger partial charge in [0.2, 0.25) is 0 Å². The van der Waals surface area contributed by atoms with Gasteiger partial charge in [0.25, 0.3) is 5.91 Å². The highest BCUT2D eigenvalue weighted by Crippen LogP contribution is 2.27. The molecule has 1 fully saturated rings. The van der Waals surface area contributed by atoms with E-state index >= 15 is 0 Å². The molecule has 1 amide bonds. The fourth-order valence-electron chi connectivity index (χ4n) is 3.05. The normalized spacial score (nSPS) is 18.5. The predicted molar refractivity (Wildman–Crippen MR) is 80.6 cm³/mol. The second-order valence-electron chi connectivity index (χ2n) is 5.82. The van der Waals surface area contributed by atoms with Crippen LogP contribution in [-0.4, -0.2) is 39.0 Å². The van der Waals surface area contributed by atoms with Crippen LogP contribution in [0.5, 0.6) is 0 Å². The maximum Gasteiger partial charge on any atom is 0.259 e. The Morgan fingerprint density at radius 1 is 1.36 bits per heavy atom. The van der Waals surface area contributed by atoms with E-state index in [2.05, 4.69) is 15.1 Å². The maximum atomic E-state index is 12.7. The third-order valence-electron chi connectivity index (χ3n) is 4.17. The lowest BCUT2D eigenvalue weighted by molar-refractivity contribution is 0.0703. The topological polar surface area (TPSA) is 72.1 Å². The maximum absolute atomic E-state index is 12.7. The van der Waals surface area contributed by atoms with Gasteiger partial charge in [-0.3, -0.25) is 4.79 Å². The van der Waals surface area contributed by atoms with Crippen molar-refractivity contribution in [2.75, 3.05) is 13.1 Å². The van der Waals surface area contributed by atoms with E-state index in [1.54, 1.807) is 20.0 Å². The van der Waals surface area contributed by atoms with Gasteiger partial charge in [-0.2, -0.15) is 0 Å². The number of nitrogens with zero attached hydrogens (tertiary/aromatic N) is 4. The Hall–Kier alpha value is -2.24. The van der Waals surface area contributed by atoms with Crippen LogP contribution in [0.4, 0.5) is 0 Å². The summed E-state index contributed by atoms with van der Waals surface area (Å²) in [7, 11) is 0. The smallest absolute Gasteiger partial charge is 0.259 e. The van der Waals surface area contributed by atoms with Gasteiger partial charge in [0.05, 0.1) is 5.69 Å². The lowest BCUT2D eigenvalue weighted by atomic mass is 9.94. The molecular formula is C16H20N4O2. The molecule has 0 saturated carbocycles. The number of hydrogen-bond acceptors (Lipinski definition) is 5. The Labute approximate surface area is 129 Å². The summed E-state index contributed by atoms with van der Waals surface area (Å²) in [5.74, 6) is 1.63. The molecule has 0 spiro atoms. The Kier molecular flexibility index (Phi) is 3.92. The molecule has 0 N–H and O–H groups in total. The largest absolute Gasteiger partial charge is 0.361 e. The number of piperidine rings is 1. The van der Waals surface area contributed by atoms with Crippen molar-refractivity contribution in [2.24, 2.45) is 0 Å². The molecule has 0 aromatic carbocycles. The molecule has 3 heterocycles. The van der Waals surface area contributed by atoms with E-state index in [0.717, 1.165) is 30.9 Å². The third-order valence-corrected chi connectivity index (χ3v) is 4.17. The highest BCUT2D eigenvalue weighted by Gasteiger charge is 2.29.